The van der Waals surface area contributed by atoms with Crippen LogP contribution in [-0.2, 0) is 0 Å². The summed E-state index contributed by atoms with van der Waals surface area (Å²) in [7, 11) is 1.80. The van der Waals surface area contributed by atoms with Crippen LogP contribution in [0.25, 0.3) is 0 Å². The van der Waals surface area contributed by atoms with E-state index < -0.39 is 0 Å². The van der Waals surface area contributed by atoms with Gasteiger partial charge in [-0.3, -0.25) is 9.78 Å². The zero-order valence-electron chi connectivity index (χ0n) is 9.20. The predicted molar refractivity (Wildman–Crippen MR) is 64.3 cm³/mol. The lowest BCUT2D eigenvalue weighted by molar-refractivity contribution is 0.0797. The molecule has 0 spiro atoms. The van der Waals surface area contributed by atoms with Crippen molar-refractivity contribution < 1.29 is 4.79 Å². The summed E-state index contributed by atoms with van der Waals surface area (Å²) in [5.74, 6) is 0.0341. The minimum absolute atomic E-state index is 0.0341. The highest BCUT2D eigenvalue weighted by Crippen LogP contribution is 2.07. The lowest BCUT2D eigenvalue weighted by Crippen LogP contribution is -2.31. The van der Waals surface area contributed by atoms with E-state index in [1.807, 2.05) is 13.8 Å². The van der Waals surface area contributed by atoms with E-state index >= 15 is 0 Å². The largest absolute Gasteiger partial charge is 0.341 e. The predicted octanol–water partition coefficient (Wildman–Crippen LogP) is 2.25. The van der Waals surface area contributed by atoms with Gasteiger partial charge in [0.05, 0.1) is 0 Å². The Balaban J connectivity index is 2.76. The van der Waals surface area contributed by atoms with E-state index in [0.717, 1.165) is 5.69 Å². The fourth-order valence-corrected chi connectivity index (χ4v) is 1.79. The maximum Gasteiger partial charge on any atom is 0.253 e. The molecule has 1 rings (SSSR count). The molecule has 1 heterocycles. The van der Waals surface area contributed by atoms with Crippen molar-refractivity contribution in [3.63, 3.8) is 0 Å². The van der Waals surface area contributed by atoms with Crippen molar-refractivity contribution in [2.75, 3.05) is 13.6 Å². The second-order valence-electron chi connectivity index (χ2n) is 3.65. The average molecular weight is 271 g/mol. The first-order chi connectivity index (χ1) is 7.00. The van der Waals surface area contributed by atoms with Crippen LogP contribution in [0, 0.1) is 6.92 Å². The minimum atomic E-state index is 0.0341. The number of alkyl halides is 1. The number of carbonyl (C=O) groups is 1. The Morgan fingerprint density at radius 1 is 1.67 bits per heavy atom. The number of aromatic nitrogens is 1. The molecule has 1 aromatic heterocycles. The molecule has 0 bridgehead atoms. The van der Waals surface area contributed by atoms with Gasteiger partial charge in [-0.25, -0.2) is 0 Å². The number of aryl methyl sites for hydroxylation is 1. The van der Waals surface area contributed by atoms with Gasteiger partial charge in [-0.2, -0.15) is 0 Å². The van der Waals surface area contributed by atoms with Crippen molar-refractivity contribution in [2.24, 2.45) is 0 Å². The number of pyridine rings is 1. The van der Waals surface area contributed by atoms with Crippen LogP contribution in [0.2, 0.25) is 0 Å². The molecule has 0 N–H and O–H groups in total. The monoisotopic (exact) mass is 270 g/mol. The normalized spacial score (nSPS) is 12.3. The van der Waals surface area contributed by atoms with Crippen LogP contribution in [0.5, 0.6) is 0 Å². The molecule has 0 saturated heterocycles. The first kappa shape index (κ1) is 12.2. The van der Waals surface area contributed by atoms with E-state index in [1.54, 1.807) is 30.3 Å². The van der Waals surface area contributed by atoms with Gasteiger partial charge in [0.1, 0.15) is 0 Å². The summed E-state index contributed by atoms with van der Waals surface area (Å²) in [6.45, 7) is 4.59. The molecule has 0 fully saturated rings. The van der Waals surface area contributed by atoms with Gasteiger partial charge >= 0.3 is 0 Å². The van der Waals surface area contributed by atoms with Crippen LogP contribution in [0.3, 0.4) is 0 Å². The Morgan fingerprint density at radius 2 is 2.33 bits per heavy atom. The number of hydrogen-bond acceptors (Lipinski definition) is 2. The molecule has 15 heavy (non-hydrogen) atoms. The summed E-state index contributed by atoms with van der Waals surface area (Å²) in [5.41, 5.74) is 1.55. The van der Waals surface area contributed by atoms with Crippen LogP contribution < -0.4 is 0 Å². The summed E-state index contributed by atoms with van der Waals surface area (Å²) < 4.78 is 0. The quantitative estimate of drug-likeness (QED) is 0.790. The number of rotatable bonds is 3. The van der Waals surface area contributed by atoms with Gasteiger partial charge in [-0.05, 0) is 19.1 Å². The van der Waals surface area contributed by atoms with E-state index in [1.165, 1.54) is 0 Å². The molecule has 82 valence electrons. The Hall–Kier alpha value is -0.900. The van der Waals surface area contributed by atoms with Gasteiger partial charge in [0.25, 0.3) is 5.91 Å². The third-order valence-electron chi connectivity index (χ3n) is 2.02. The molecule has 1 amide bonds. The second kappa shape index (κ2) is 5.26. The van der Waals surface area contributed by atoms with Gasteiger partial charge < -0.3 is 4.90 Å². The van der Waals surface area contributed by atoms with E-state index in [9.17, 15) is 4.79 Å². The molecular weight excluding hydrogens is 256 g/mol. The highest BCUT2D eigenvalue weighted by Gasteiger charge is 2.13. The Kier molecular flexibility index (Phi) is 4.27. The molecule has 1 unspecified atom stereocenters. The smallest absolute Gasteiger partial charge is 0.253 e. The van der Waals surface area contributed by atoms with E-state index in [4.69, 9.17) is 0 Å². The van der Waals surface area contributed by atoms with Gasteiger partial charge in [0.15, 0.2) is 0 Å². The summed E-state index contributed by atoms with van der Waals surface area (Å²) in [6, 6.07) is 3.54. The molecule has 0 aliphatic rings. The standard InChI is InChI=1S/C11H15BrN2O/c1-8(12)7-14(3)11(15)10-4-5-13-9(2)6-10/h4-6,8H,7H2,1-3H3. The number of amides is 1. The van der Waals surface area contributed by atoms with Crippen LogP contribution in [0.4, 0.5) is 0 Å². The first-order valence-electron chi connectivity index (χ1n) is 4.83. The highest BCUT2D eigenvalue weighted by atomic mass is 79.9. The van der Waals surface area contributed by atoms with E-state index in [0.29, 0.717) is 16.9 Å². The van der Waals surface area contributed by atoms with Gasteiger partial charge in [-0.1, -0.05) is 22.9 Å². The minimum Gasteiger partial charge on any atom is -0.341 e. The van der Waals surface area contributed by atoms with E-state index in [2.05, 4.69) is 20.9 Å². The zero-order chi connectivity index (χ0) is 11.4. The molecule has 0 aliphatic heterocycles. The summed E-state index contributed by atoms with van der Waals surface area (Å²) in [4.78, 5) is 18.0. The lowest BCUT2D eigenvalue weighted by Gasteiger charge is -2.18. The van der Waals surface area contributed by atoms with Gasteiger partial charge in [0, 0.05) is 35.9 Å². The Morgan fingerprint density at radius 3 is 2.87 bits per heavy atom. The van der Waals surface area contributed by atoms with Crippen LogP contribution >= 0.6 is 15.9 Å². The van der Waals surface area contributed by atoms with Crippen LogP contribution in [-0.4, -0.2) is 34.2 Å². The van der Waals surface area contributed by atoms with Gasteiger partial charge in [0.2, 0.25) is 0 Å². The van der Waals surface area contributed by atoms with Crippen molar-refractivity contribution in [2.45, 2.75) is 18.7 Å². The third-order valence-corrected chi connectivity index (χ3v) is 2.31. The van der Waals surface area contributed by atoms with Crippen molar-refractivity contribution >= 4 is 21.8 Å². The SMILES string of the molecule is Cc1cc(C(=O)N(C)CC(C)Br)ccn1. The Labute approximate surface area is 98.6 Å². The molecule has 4 heteroatoms. The summed E-state index contributed by atoms with van der Waals surface area (Å²) >= 11 is 3.42. The second-order valence-corrected chi connectivity index (χ2v) is 5.22. The van der Waals surface area contributed by atoms with Crippen LogP contribution in [0.15, 0.2) is 18.3 Å². The molecule has 1 atom stereocenters. The maximum absolute atomic E-state index is 11.9. The highest BCUT2D eigenvalue weighted by molar-refractivity contribution is 9.09. The molecule has 0 radical (unpaired) electrons. The molecule has 3 nitrogen and oxygen atoms in total. The number of carbonyl (C=O) groups excluding carboxylic acids is 1. The van der Waals surface area contributed by atoms with Crippen molar-refractivity contribution in [1.82, 2.24) is 9.88 Å². The van der Waals surface area contributed by atoms with Crippen molar-refractivity contribution in [1.29, 1.82) is 0 Å². The first-order valence-corrected chi connectivity index (χ1v) is 5.74. The summed E-state index contributed by atoms with van der Waals surface area (Å²) in [6.07, 6.45) is 1.66. The fraction of sp³-hybridized carbons (Fsp3) is 0.455. The fourth-order valence-electron chi connectivity index (χ4n) is 1.36. The number of hydrogen-bond donors (Lipinski definition) is 0. The number of nitrogens with zero attached hydrogens (tertiary/aromatic N) is 2. The molecule has 0 saturated carbocycles. The maximum atomic E-state index is 11.9. The number of halogens is 1. The van der Waals surface area contributed by atoms with Crippen molar-refractivity contribution in [3.8, 4) is 0 Å². The van der Waals surface area contributed by atoms with Crippen molar-refractivity contribution in [3.05, 3.63) is 29.6 Å². The lowest BCUT2D eigenvalue weighted by atomic mass is 10.2. The molecular formula is C11H15BrN2O. The van der Waals surface area contributed by atoms with E-state index in [-0.39, 0.29) is 5.91 Å². The topological polar surface area (TPSA) is 33.2 Å². The molecule has 0 aromatic carbocycles. The van der Waals surface area contributed by atoms with Crippen LogP contribution in [0.1, 0.15) is 23.0 Å². The third kappa shape index (κ3) is 3.63. The van der Waals surface area contributed by atoms with Gasteiger partial charge in [-0.15, -0.1) is 0 Å². The molecule has 1 aromatic rings. The average Bonchev–Trinajstić information content (AvgIpc) is 2.15. The zero-order valence-corrected chi connectivity index (χ0v) is 10.8. The summed E-state index contributed by atoms with van der Waals surface area (Å²) in [5, 5.41) is 0. The Bertz CT molecular complexity index is 352. The molecule has 0 aliphatic carbocycles.